The summed E-state index contributed by atoms with van der Waals surface area (Å²) in [4.78, 5) is 53.2. The topological polar surface area (TPSA) is 147 Å². The molecule has 0 aliphatic carbocycles. The lowest BCUT2D eigenvalue weighted by Gasteiger charge is -2.18. The molecule has 194 valence electrons. The van der Waals surface area contributed by atoms with E-state index in [0.29, 0.717) is 22.1 Å². The van der Waals surface area contributed by atoms with E-state index >= 15 is 0 Å². The maximum Gasteiger partial charge on any atom is 0.506 e. The van der Waals surface area contributed by atoms with Gasteiger partial charge in [0.2, 0.25) is 11.8 Å². The SMILES string of the molecule is CCC(CC)Sc1cncc(C(=O)NC(C)C(=O)NC(C)C(=O)Nc2ccc(COC(=O)O)cc2)c1. The molecule has 4 N–H and O–H groups in total. The smallest absolute Gasteiger partial charge is 0.450 e. The molecule has 0 aliphatic rings. The number of carboxylic acid groups (broad SMARTS) is 1. The average molecular weight is 517 g/mol. The van der Waals surface area contributed by atoms with E-state index in [1.165, 1.54) is 20.0 Å². The molecule has 1 aromatic carbocycles. The molecule has 0 aliphatic heterocycles. The first kappa shape index (κ1) is 28.6. The van der Waals surface area contributed by atoms with E-state index in [4.69, 9.17) is 5.11 Å². The van der Waals surface area contributed by atoms with Crippen LogP contribution in [0.4, 0.5) is 10.5 Å². The van der Waals surface area contributed by atoms with Gasteiger partial charge in [-0.15, -0.1) is 11.8 Å². The molecule has 2 atom stereocenters. The summed E-state index contributed by atoms with van der Waals surface area (Å²) in [6.07, 6.45) is 3.81. The molecular formula is C25H32N4O6S. The third-order valence-corrected chi connectivity index (χ3v) is 6.76. The van der Waals surface area contributed by atoms with Crippen LogP contribution in [-0.2, 0) is 20.9 Å². The highest BCUT2D eigenvalue weighted by Crippen LogP contribution is 2.27. The number of nitrogens with one attached hydrogen (secondary N) is 3. The molecule has 10 nitrogen and oxygen atoms in total. The number of rotatable bonds is 12. The molecule has 1 heterocycles. The number of pyridine rings is 1. The van der Waals surface area contributed by atoms with Crippen molar-refractivity contribution >= 4 is 41.3 Å². The number of hydrogen-bond donors (Lipinski definition) is 4. The Morgan fingerprint density at radius 1 is 0.972 bits per heavy atom. The number of anilines is 1. The summed E-state index contributed by atoms with van der Waals surface area (Å²) >= 11 is 1.67. The molecule has 0 saturated heterocycles. The van der Waals surface area contributed by atoms with E-state index < -0.39 is 36.0 Å². The Balaban J connectivity index is 1.87. The number of carbonyl (C=O) groups is 4. The van der Waals surface area contributed by atoms with Crippen molar-refractivity contribution in [3.63, 3.8) is 0 Å². The molecule has 3 amide bonds. The second kappa shape index (κ2) is 14.1. The maximum atomic E-state index is 12.6. The zero-order valence-electron chi connectivity index (χ0n) is 20.7. The predicted molar refractivity (Wildman–Crippen MR) is 137 cm³/mol. The molecular weight excluding hydrogens is 484 g/mol. The summed E-state index contributed by atoms with van der Waals surface area (Å²) in [5.41, 5.74) is 1.45. The summed E-state index contributed by atoms with van der Waals surface area (Å²) in [6.45, 7) is 7.19. The molecule has 0 saturated carbocycles. The Kier molecular flexibility index (Phi) is 11.2. The van der Waals surface area contributed by atoms with Crippen molar-refractivity contribution in [2.45, 2.75) is 69.4 Å². The normalized spacial score (nSPS) is 12.4. The first-order chi connectivity index (χ1) is 17.1. The van der Waals surface area contributed by atoms with Gasteiger partial charge in [-0.05, 0) is 50.5 Å². The van der Waals surface area contributed by atoms with Crippen LogP contribution in [0.5, 0.6) is 0 Å². The Hall–Kier alpha value is -3.60. The van der Waals surface area contributed by atoms with Crippen LogP contribution in [-0.4, -0.2) is 51.3 Å². The lowest BCUT2D eigenvalue weighted by atomic mass is 10.2. The summed E-state index contributed by atoms with van der Waals surface area (Å²) in [5, 5.41) is 16.9. The van der Waals surface area contributed by atoms with Gasteiger partial charge in [-0.25, -0.2) is 4.79 Å². The van der Waals surface area contributed by atoms with Crippen LogP contribution in [0.25, 0.3) is 0 Å². The predicted octanol–water partition coefficient (Wildman–Crippen LogP) is 3.82. The van der Waals surface area contributed by atoms with Gasteiger partial charge in [0.1, 0.15) is 18.7 Å². The third kappa shape index (κ3) is 9.21. The van der Waals surface area contributed by atoms with E-state index in [9.17, 15) is 19.2 Å². The number of benzene rings is 1. The number of amides is 3. The Morgan fingerprint density at radius 2 is 1.61 bits per heavy atom. The van der Waals surface area contributed by atoms with Gasteiger partial charge >= 0.3 is 6.16 Å². The summed E-state index contributed by atoms with van der Waals surface area (Å²) in [5.74, 6) is -1.39. The van der Waals surface area contributed by atoms with Crippen molar-refractivity contribution in [2.75, 3.05) is 5.32 Å². The van der Waals surface area contributed by atoms with Crippen molar-refractivity contribution in [1.82, 2.24) is 15.6 Å². The van der Waals surface area contributed by atoms with Crippen LogP contribution in [0.1, 0.15) is 56.5 Å². The Bertz CT molecular complexity index is 1060. The van der Waals surface area contributed by atoms with Crippen molar-refractivity contribution in [1.29, 1.82) is 0 Å². The van der Waals surface area contributed by atoms with Gasteiger partial charge in [-0.2, -0.15) is 0 Å². The van der Waals surface area contributed by atoms with Gasteiger partial charge in [-0.1, -0.05) is 26.0 Å². The van der Waals surface area contributed by atoms with Gasteiger partial charge in [0.15, 0.2) is 0 Å². The Morgan fingerprint density at radius 3 is 2.22 bits per heavy atom. The zero-order chi connectivity index (χ0) is 26.7. The van der Waals surface area contributed by atoms with E-state index in [0.717, 1.165) is 17.7 Å². The third-order valence-electron chi connectivity index (χ3n) is 5.27. The fourth-order valence-electron chi connectivity index (χ4n) is 3.08. The number of carbonyl (C=O) groups excluding carboxylic acids is 3. The standard InChI is InChI=1S/C25H32N4O6S/c1-5-20(6-2)36-21-11-18(12-26-13-21)24(32)28-15(3)22(30)27-16(4)23(31)29-19-9-7-17(8-10-19)14-35-25(33)34/h7-13,15-16,20H,5-6,14H2,1-4H3,(H,27,30)(H,28,32)(H,29,31)(H,33,34). The van der Waals surface area contributed by atoms with Gasteiger partial charge in [0.25, 0.3) is 5.91 Å². The first-order valence-electron chi connectivity index (χ1n) is 11.6. The van der Waals surface area contributed by atoms with E-state index in [2.05, 4.69) is 39.5 Å². The van der Waals surface area contributed by atoms with Crippen LogP contribution in [0.2, 0.25) is 0 Å². The van der Waals surface area contributed by atoms with Gasteiger partial charge in [-0.3, -0.25) is 19.4 Å². The van der Waals surface area contributed by atoms with Crippen LogP contribution in [0.15, 0.2) is 47.6 Å². The van der Waals surface area contributed by atoms with Crippen LogP contribution >= 0.6 is 11.8 Å². The van der Waals surface area contributed by atoms with E-state index in [1.54, 1.807) is 48.3 Å². The van der Waals surface area contributed by atoms with Gasteiger partial charge < -0.3 is 25.8 Å². The summed E-state index contributed by atoms with van der Waals surface area (Å²) in [6, 6.07) is 6.44. The van der Waals surface area contributed by atoms with E-state index in [-0.39, 0.29) is 6.61 Å². The second-order valence-corrected chi connectivity index (χ2v) is 9.51. The molecule has 11 heteroatoms. The van der Waals surface area contributed by atoms with Crippen LogP contribution in [0, 0.1) is 0 Å². The Labute approximate surface area is 214 Å². The molecule has 2 aromatic rings. The van der Waals surface area contributed by atoms with Crippen LogP contribution < -0.4 is 16.0 Å². The minimum absolute atomic E-state index is 0.100. The minimum atomic E-state index is -1.37. The molecule has 2 unspecified atom stereocenters. The van der Waals surface area contributed by atoms with Crippen molar-refractivity contribution < 1.29 is 29.0 Å². The molecule has 0 fully saturated rings. The number of hydrogen-bond acceptors (Lipinski definition) is 7. The lowest BCUT2D eigenvalue weighted by molar-refractivity contribution is -0.127. The van der Waals surface area contributed by atoms with Crippen molar-refractivity contribution in [3.05, 3.63) is 53.9 Å². The molecule has 36 heavy (non-hydrogen) atoms. The zero-order valence-corrected chi connectivity index (χ0v) is 21.6. The number of thioether (sulfide) groups is 1. The average Bonchev–Trinajstić information content (AvgIpc) is 2.86. The molecule has 2 rings (SSSR count). The molecule has 0 radical (unpaired) electrons. The second-order valence-electron chi connectivity index (χ2n) is 8.13. The number of aromatic nitrogens is 1. The highest BCUT2D eigenvalue weighted by atomic mass is 32.2. The highest BCUT2D eigenvalue weighted by Gasteiger charge is 2.22. The number of nitrogens with zero attached hydrogens (tertiary/aromatic N) is 1. The quantitative estimate of drug-likeness (QED) is 0.246. The monoisotopic (exact) mass is 516 g/mol. The largest absolute Gasteiger partial charge is 0.506 e. The van der Waals surface area contributed by atoms with Gasteiger partial charge in [0, 0.05) is 28.2 Å². The summed E-state index contributed by atoms with van der Waals surface area (Å²) in [7, 11) is 0. The van der Waals surface area contributed by atoms with Crippen LogP contribution in [0.3, 0.4) is 0 Å². The first-order valence-corrected chi connectivity index (χ1v) is 12.5. The van der Waals surface area contributed by atoms with E-state index in [1.807, 2.05) is 0 Å². The van der Waals surface area contributed by atoms with Crippen molar-refractivity contribution in [3.8, 4) is 0 Å². The molecule has 1 aromatic heterocycles. The molecule has 0 bridgehead atoms. The lowest BCUT2D eigenvalue weighted by Crippen LogP contribution is -2.50. The van der Waals surface area contributed by atoms with Crippen molar-refractivity contribution in [2.24, 2.45) is 0 Å². The fraction of sp³-hybridized carbons (Fsp3) is 0.400. The van der Waals surface area contributed by atoms with Gasteiger partial charge in [0.05, 0.1) is 5.56 Å². The number of ether oxygens (including phenoxy) is 1. The summed E-state index contributed by atoms with van der Waals surface area (Å²) < 4.78 is 4.49. The molecule has 0 spiro atoms. The minimum Gasteiger partial charge on any atom is -0.450 e. The maximum absolute atomic E-state index is 12.6. The fourth-order valence-corrected chi connectivity index (χ4v) is 4.12. The highest BCUT2D eigenvalue weighted by molar-refractivity contribution is 8.00.